The SMILES string of the molecule is CCCCCCCCCCCCCCC.[N-]=[N+]=[N-]. The number of hydrogen-bond acceptors (Lipinski definition) is 0. The molecule has 0 aliphatic heterocycles. The average molecular weight is 254 g/mol. The van der Waals surface area contributed by atoms with Gasteiger partial charge in [0.05, 0.1) is 0 Å². The maximum absolute atomic E-state index is 6.75. The van der Waals surface area contributed by atoms with Gasteiger partial charge in [-0.15, -0.1) is 0 Å². The smallest absolute Gasteiger partial charge is 0.0533 e. The van der Waals surface area contributed by atoms with Crippen molar-refractivity contribution >= 4 is 0 Å². The largest absolute Gasteiger partial charge is 0.373 e. The fourth-order valence-electron chi connectivity index (χ4n) is 2.09. The Bertz CT molecular complexity index is 151. The molecule has 0 aliphatic rings. The molecule has 0 aliphatic carbocycles. The number of nitrogens with zero attached hydrogens (tertiary/aromatic N) is 3. The highest BCUT2D eigenvalue weighted by molar-refractivity contribution is 4.47. The molecule has 0 N–H and O–H groups in total. The fourth-order valence-corrected chi connectivity index (χ4v) is 2.09. The normalized spacial score (nSPS) is 9.44. The highest BCUT2D eigenvalue weighted by atomic mass is 15.0. The van der Waals surface area contributed by atoms with E-state index in [1.165, 1.54) is 88.4 Å². The van der Waals surface area contributed by atoms with Crippen molar-refractivity contribution in [3.8, 4) is 0 Å². The summed E-state index contributed by atoms with van der Waals surface area (Å²) in [5, 5.41) is 0. The van der Waals surface area contributed by atoms with Crippen LogP contribution in [0.1, 0.15) is 97.3 Å². The zero-order chi connectivity index (χ0) is 13.9. The molecule has 18 heavy (non-hydrogen) atoms. The van der Waals surface area contributed by atoms with E-state index in [0.717, 1.165) is 0 Å². The van der Waals surface area contributed by atoms with Gasteiger partial charge in [0.2, 0.25) is 0 Å². The van der Waals surface area contributed by atoms with Gasteiger partial charge in [0, 0.05) is 0 Å². The lowest BCUT2D eigenvalue weighted by Crippen LogP contribution is -1.82. The molecule has 0 rings (SSSR count). The van der Waals surface area contributed by atoms with Crippen LogP contribution in [-0.4, -0.2) is 0 Å². The Morgan fingerprint density at radius 2 is 0.667 bits per heavy atom. The van der Waals surface area contributed by atoms with Crippen LogP contribution in [0, 0.1) is 0 Å². The Labute approximate surface area is 114 Å². The number of unbranched alkanes of at least 4 members (excludes halogenated alkanes) is 12. The van der Waals surface area contributed by atoms with E-state index in [4.69, 9.17) is 11.1 Å². The molecule has 0 radical (unpaired) electrons. The first-order valence-electron chi connectivity index (χ1n) is 7.81. The van der Waals surface area contributed by atoms with Crippen LogP contribution < -0.4 is 0 Å². The molecular weight excluding hydrogens is 222 g/mol. The summed E-state index contributed by atoms with van der Waals surface area (Å²) in [6.45, 7) is 4.58. The molecule has 0 aromatic rings. The topological polar surface area (TPSA) is 58.7 Å². The van der Waals surface area contributed by atoms with Gasteiger partial charge in [0.25, 0.3) is 0 Å². The van der Waals surface area contributed by atoms with E-state index in [1.807, 2.05) is 0 Å². The van der Waals surface area contributed by atoms with Crippen molar-refractivity contribution in [1.82, 2.24) is 0 Å². The molecule has 108 valence electrons. The monoisotopic (exact) mass is 254 g/mol. The van der Waals surface area contributed by atoms with E-state index in [2.05, 4.69) is 13.8 Å². The van der Waals surface area contributed by atoms with E-state index < -0.39 is 0 Å². The minimum Gasteiger partial charge on any atom is -0.373 e. The summed E-state index contributed by atoms with van der Waals surface area (Å²) in [4.78, 5) is 1.50. The predicted molar refractivity (Wildman–Crippen MR) is 81.4 cm³/mol. The van der Waals surface area contributed by atoms with Crippen LogP contribution in [-0.2, 0) is 0 Å². The van der Waals surface area contributed by atoms with E-state index >= 15 is 0 Å². The first kappa shape index (κ1) is 19.6. The van der Waals surface area contributed by atoms with Gasteiger partial charge in [0.15, 0.2) is 0 Å². The zero-order valence-electron chi connectivity index (χ0n) is 12.5. The van der Waals surface area contributed by atoms with Crippen molar-refractivity contribution in [3.05, 3.63) is 16.0 Å². The zero-order valence-corrected chi connectivity index (χ0v) is 12.5. The Balaban J connectivity index is 0. The summed E-state index contributed by atoms with van der Waals surface area (Å²) in [5.74, 6) is 0. The standard InChI is InChI=1S/C15H32.N3/c1-3-5-7-9-11-13-15-14-12-10-8-6-4-2;1-3-2/h3-15H2,1-2H3;/q;-1. The Morgan fingerprint density at radius 1 is 0.500 bits per heavy atom. The molecule has 0 aromatic heterocycles. The average Bonchev–Trinajstić information content (AvgIpc) is 2.37. The molecule has 0 aromatic carbocycles. The molecule has 3 heteroatoms. The lowest BCUT2D eigenvalue weighted by Gasteiger charge is -2.01. The van der Waals surface area contributed by atoms with Gasteiger partial charge in [-0.05, 0) is 0 Å². The maximum Gasteiger partial charge on any atom is -0.0533 e. The van der Waals surface area contributed by atoms with Gasteiger partial charge in [-0.1, -0.05) is 97.3 Å². The number of rotatable bonds is 12. The third-order valence-corrected chi connectivity index (χ3v) is 3.21. The lowest BCUT2D eigenvalue weighted by molar-refractivity contribution is 0.542. The summed E-state index contributed by atoms with van der Waals surface area (Å²) in [6.07, 6.45) is 18.9. The van der Waals surface area contributed by atoms with E-state index in [1.54, 1.807) is 0 Å². The van der Waals surface area contributed by atoms with E-state index in [-0.39, 0.29) is 0 Å². The van der Waals surface area contributed by atoms with Crippen molar-refractivity contribution in [2.45, 2.75) is 97.3 Å². The van der Waals surface area contributed by atoms with Crippen molar-refractivity contribution in [2.75, 3.05) is 0 Å². The van der Waals surface area contributed by atoms with E-state index in [9.17, 15) is 0 Å². The van der Waals surface area contributed by atoms with Gasteiger partial charge in [-0.3, -0.25) is 4.91 Å². The van der Waals surface area contributed by atoms with Crippen molar-refractivity contribution < 1.29 is 0 Å². The van der Waals surface area contributed by atoms with Crippen LogP contribution >= 0.6 is 0 Å². The van der Waals surface area contributed by atoms with Gasteiger partial charge in [-0.2, -0.15) is 0 Å². The Kier molecular flexibility index (Phi) is 23.6. The molecule has 0 bridgehead atoms. The van der Waals surface area contributed by atoms with Crippen LogP contribution in [0.2, 0.25) is 0 Å². The first-order chi connectivity index (χ1) is 8.83. The summed E-state index contributed by atoms with van der Waals surface area (Å²) >= 11 is 0. The van der Waals surface area contributed by atoms with Crippen molar-refractivity contribution in [3.63, 3.8) is 0 Å². The lowest BCUT2D eigenvalue weighted by atomic mass is 10.1. The maximum atomic E-state index is 6.75. The second-order valence-electron chi connectivity index (χ2n) is 4.98. The summed E-state index contributed by atoms with van der Waals surface area (Å²) in [6, 6.07) is 0. The molecule has 0 unspecified atom stereocenters. The second-order valence-corrected chi connectivity index (χ2v) is 4.98. The molecule has 0 fully saturated rings. The van der Waals surface area contributed by atoms with Crippen molar-refractivity contribution in [1.29, 1.82) is 0 Å². The van der Waals surface area contributed by atoms with Gasteiger partial charge >= 0.3 is 0 Å². The number of hydrogen-bond donors (Lipinski definition) is 0. The minimum absolute atomic E-state index is 1.37. The molecule has 0 heterocycles. The third-order valence-electron chi connectivity index (χ3n) is 3.21. The highest BCUT2D eigenvalue weighted by Gasteiger charge is 1.92. The molecule has 3 nitrogen and oxygen atoms in total. The fraction of sp³-hybridized carbons (Fsp3) is 1.00. The molecule has 0 saturated carbocycles. The predicted octanol–water partition coefficient (Wildman–Crippen LogP) is 6.96. The molecule has 0 atom stereocenters. The summed E-state index contributed by atoms with van der Waals surface area (Å²) < 4.78 is 0. The van der Waals surface area contributed by atoms with E-state index in [0.29, 0.717) is 0 Å². The van der Waals surface area contributed by atoms with Crippen LogP contribution in [0.15, 0.2) is 0 Å². The van der Waals surface area contributed by atoms with Gasteiger partial charge < -0.3 is 11.1 Å². The van der Waals surface area contributed by atoms with Crippen LogP contribution in [0.25, 0.3) is 16.0 Å². The van der Waals surface area contributed by atoms with Crippen LogP contribution in [0.5, 0.6) is 0 Å². The Morgan fingerprint density at radius 3 is 0.833 bits per heavy atom. The third kappa shape index (κ3) is 24.5. The summed E-state index contributed by atoms with van der Waals surface area (Å²) in [7, 11) is 0. The quantitative estimate of drug-likeness (QED) is 0.156. The molecule has 0 amide bonds. The van der Waals surface area contributed by atoms with Crippen LogP contribution in [0.4, 0.5) is 0 Å². The minimum atomic E-state index is 1.37. The molecule has 0 saturated heterocycles. The first-order valence-corrected chi connectivity index (χ1v) is 7.81. The second kappa shape index (κ2) is 21.6. The van der Waals surface area contributed by atoms with Crippen molar-refractivity contribution in [2.24, 2.45) is 0 Å². The van der Waals surface area contributed by atoms with Gasteiger partial charge in [-0.25, -0.2) is 0 Å². The summed E-state index contributed by atoms with van der Waals surface area (Å²) in [5.41, 5.74) is 13.5. The highest BCUT2D eigenvalue weighted by Crippen LogP contribution is 2.12. The van der Waals surface area contributed by atoms with Gasteiger partial charge in [0.1, 0.15) is 0 Å². The van der Waals surface area contributed by atoms with Crippen LogP contribution in [0.3, 0.4) is 0 Å². The molecule has 0 spiro atoms. The Hall–Kier alpha value is -0.690. The molecular formula is C15H32N3-.